The van der Waals surface area contributed by atoms with Crippen LogP contribution in [0.2, 0.25) is 0 Å². The van der Waals surface area contributed by atoms with Gasteiger partial charge in [0, 0.05) is 5.69 Å². The lowest BCUT2D eigenvalue weighted by atomic mass is 9.86. The molecule has 0 bridgehead atoms. The minimum Gasteiger partial charge on any atom is -0.481 e. The Hall–Kier alpha value is -2.04. The normalized spacial score (nSPS) is 10.9. The number of primary amides is 1. The Kier molecular flexibility index (Phi) is 3.73. The highest BCUT2D eigenvalue weighted by atomic mass is 16.4. The molecule has 0 atom stereocenters. The first kappa shape index (κ1) is 13.0. The fourth-order valence-corrected chi connectivity index (χ4v) is 1.49. The molecule has 5 nitrogen and oxygen atoms in total. The molecule has 0 saturated carbocycles. The summed E-state index contributed by atoms with van der Waals surface area (Å²) in [6.07, 6.45) is 0.386. The minimum absolute atomic E-state index is 0.386. The second-order valence-corrected chi connectivity index (χ2v) is 4.56. The molecule has 0 unspecified atom stereocenters. The molecule has 1 aromatic carbocycles. The van der Waals surface area contributed by atoms with Gasteiger partial charge in [0.2, 0.25) is 0 Å². The summed E-state index contributed by atoms with van der Waals surface area (Å²) in [6, 6.07) is 6.34. The number of nitrogens with one attached hydrogen (secondary N) is 1. The minimum atomic E-state index is -0.856. The predicted molar refractivity (Wildman–Crippen MR) is 64.8 cm³/mol. The van der Waals surface area contributed by atoms with Crippen LogP contribution in [0.25, 0.3) is 0 Å². The van der Waals surface area contributed by atoms with Crippen molar-refractivity contribution >= 4 is 17.7 Å². The Morgan fingerprint density at radius 2 is 2.06 bits per heavy atom. The highest BCUT2D eigenvalue weighted by molar-refractivity contribution is 5.87. The van der Waals surface area contributed by atoms with Crippen LogP contribution in [0.4, 0.5) is 10.5 Å². The van der Waals surface area contributed by atoms with Crippen molar-refractivity contribution in [1.29, 1.82) is 0 Å². The molecular formula is C12H16N2O3. The fourth-order valence-electron chi connectivity index (χ4n) is 1.49. The maximum Gasteiger partial charge on any atom is 0.316 e. The zero-order valence-corrected chi connectivity index (χ0v) is 9.86. The summed E-state index contributed by atoms with van der Waals surface area (Å²) in [5.41, 5.74) is 5.57. The summed E-state index contributed by atoms with van der Waals surface area (Å²) >= 11 is 0. The van der Waals surface area contributed by atoms with Gasteiger partial charge in [0.1, 0.15) is 0 Å². The molecule has 0 aliphatic rings. The van der Waals surface area contributed by atoms with Crippen molar-refractivity contribution < 1.29 is 14.7 Å². The zero-order chi connectivity index (χ0) is 13.1. The SMILES string of the molecule is CC(C)(Cc1cccc(NC(N)=O)c1)C(=O)O. The number of carboxylic acids is 1. The average Bonchev–Trinajstić information content (AvgIpc) is 2.15. The third kappa shape index (κ3) is 3.79. The monoisotopic (exact) mass is 236 g/mol. The first-order valence-electron chi connectivity index (χ1n) is 5.20. The largest absolute Gasteiger partial charge is 0.481 e. The van der Waals surface area contributed by atoms with Crippen molar-refractivity contribution in [2.45, 2.75) is 20.3 Å². The van der Waals surface area contributed by atoms with Gasteiger partial charge in [0.25, 0.3) is 0 Å². The van der Waals surface area contributed by atoms with Gasteiger partial charge in [-0.25, -0.2) is 4.79 Å². The molecule has 17 heavy (non-hydrogen) atoms. The molecule has 0 aromatic heterocycles. The number of rotatable bonds is 4. The number of carboxylic acid groups (broad SMARTS) is 1. The number of nitrogens with two attached hydrogens (primary N) is 1. The van der Waals surface area contributed by atoms with Crippen molar-refractivity contribution in [3.05, 3.63) is 29.8 Å². The van der Waals surface area contributed by atoms with Gasteiger partial charge in [-0.15, -0.1) is 0 Å². The number of hydrogen-bond donors (Lipinski definition) is 3. The van der Waals surface area contributed by atoms with E-state index in [0.717, 1.165) is 5.56 Å². The van der Waals surface area contributed by atoms with Crippen LogP contribution in [-0.2, 0) is 11.2 Å². The summed E-state index contributed by atoms with van der Waals surface area (Å²) in [4.78, 5) is 21.7. The lowest BCUT2D eigenvalue weighted by Gasteiger charge is -2.19. The molecule has 4 N–H and O–H groups in total. The molecule has 0 aliphatic heterocycles. The lowest BCUT2D eigenvalue weighted by molar-refractivity contribution is -0.146. The van der Waals surface area contributed by atoms with Gasteiger partial charge >= 0.3 is 12.0 Å². The Bertz CT molecular complexity index is 441. The summed E-state index contributed by atoms with van der Waals surface area (Å²) < 4.78 is 0. The highest BCUT2D eigenvalue weighted by Crippen LogP contribution is 2.23. The van der Waals surface area contributed by atoms with Gasteiger partial charge < -0.3 is 16.2 Å². The van der Waals surface area contributed by atoms with E-state index in [-0.39, 0.29) is 0 Å². The second kappa shape index (κ2) is 4.86. The second-order valence-electron chi connectivity index (χ2n) is 4.56. The van der Waals surface area contributed by atoms with Crippen LogP contribution in [0.3, 0.4) is 0 Å². The van der Waals surface area contributed by atoms with Gasteiger partial charge in [0.05, 0.1) is 5.41 Å². The predicted octanol–water partition coefficient (Wildman–Crippen LogP) is 1.83. The van der Waals surface area contributed by atoms with Crippen LogP contribution in [0.1, 0.15) is 19.4 Å². The van der Waals surface area contributed by atoms with E-state index in [1.54, 1.807) is 32.0 Å². The van der Waals surface area contributed by atoms with E-state index in [2.05, 4.69) is 5.32 Å². The van der Waals surface area contributed by atoms with E-state index >= 15 is 0 Å². The molecule has 0 heterocycles. The molecular weight excluding hydrogens is 220 g/mol. The first-order chi connectivity index (χ1) is 7.81. The number of carbonyl (C=O) groups excluding carboxylic acids is 1. The fraction of sp³-hybridized carbons (Fsp3) is 0.333. The molecule has 5 heteroatoms. The maximum atomic E-state index is 11.0. The van der Waals surface area contributed by atoms with E-state index in [0.29, 0.717) is 12.1 Å². The summed E-state index contributed by atoms with van der Waals surface area (Å²) in [5.74, 6) is -0.856. The summed E-state index contributed by atoms with van der Waals surface area (Å²) in [6.45, 7) is 3.31. The van der Waals surface area contributed by atoms with Crippen molar-refractivity contribution in [2.75, 3.05) is 5.32 Å². The summed E-state index contributed by atoms with van der Waals surface area (Å²) in [7, 11) is 0. The molecule has 92 valence electrons. The zero-order valence-electron chi connectivity index (χ0n) is 9.86. The highest BCUT2D eigenvalue weighted by Gasteiger charge is 2.27. The molecule has 1 aromatic rings. The van der Waals surface area contributed by atoms with Crippen LogP contribution in [0.5, 0.6) is 0 Å². The molecule has 0 fully saturated rings. The van der Waals surface area contributed by atoms with Gasteiger partial charge in [-0.3, -0.25) is 4.79 Å². The van der Waals surface area contributed by atoms with E-state index in [1.165, 1.54) is 0 Å². The number of urea groups is 1. The van der Waals surface area contributed by atoms with Gasteiger partial charge in [-0.2, -0.15) is 0 Å². The Labute approximate surface area is 99.6 Å². The molecule has 0 radical (unpaired) electrons. The van der Waals surface area contributed by atoms with Gasteiger partial charge in [0.15, 0.2) is 0 Å². The number of amides is 2. The number of aliphatic carboxylic acids is 1. The van der Waals surface area contributed by atoms with Crippen molar-refractivity contribution in [3.8, 4) is 0 Å². The van der Waals surface area contributed by atoms with Crippen LogP contribution in [-0.4, -0.2) is 17.1 Å². The quantitative estimate of drug-likeness (QED) is 0.744. The number of benzene rings is 1. The standard InChI is InChI=1S/C12H16N2O3/c1-12(2,10(15)16)7-8-4-3-5-9(6-8)14-11(13)17/h3-6H,7H2,1-2H3,(H,15,16)(H3,13,14,17). The number of carbonyl (C=O) groups is 2. The van der Waals surface area contributed by atoms with Crippen LogP contribution in [0.15, 0.2) is 24.3 Å². The first-order valence-corrected chi connectivity index (χ1v) is 5.20. The Balaban J connectivity index is 2.85. The van der Waals surface area contributed by atoms with Gasteiger partial charge in [-0.1, -0.05) is 12.1 Å². The van der Waals surface area contributed by atoms with Gasteiger partial charge in [-0.05, 0) is 38.0 Å². The topological polar surface area (TPSA) is 92.4 Å². The molecule has 1 rings (SSSR count). The third-order valence-corrected chi connectivity index (χ3v) is 2.42. The van der Waals surface area contributed by atoms with Crippen molar-refractivity contribution in [2.24, 2.45) is 11.1 Å². The number of anilines is 1. The molecule has 0 saturated heterocycles. The van der Waals surface area contributed by atoms with E-state index in [4.69, 9.17) is 10.8 Å². The average molecular weight is 236 g/mol. The smallest absolute Gasteiger partial charge is 0.316 e. The third-order valence-electron chi connectivity index (χ3n) is 2.42. The van der Waals surface area contributed by atoms with Crippen LogP contribution >= 0.6 is 0 Å². The lowest BCUT2D eigenvalue weighted by Crippen LogP contribution is -2.26. The molecule has 0 aliphatic carbocycles. The van der Waals surface area contributed by atoms with E-state index in [1.807, 2.05) is 6.07 Å². The number of hydrogen-bond acceptors (Lipinski definition) is 2. The maximum absolute atomic E-state index is 11.0. The molecule has 2 amide bonds. The Morgan fingerprint density at radius 3 is 2.59 bits per heavy atom. The van der Waals surface area contributed by atoms with Crippen molar-refractivity contribution in [1.82, 2.24) is 0 Å². The van der Waals surface area contributed by atoms with Crippen LogP contribution < -0.4 is 11.1 Å². The van der Waals surface area contributed by atoms with Crippen molar-refractivity contribution in [3.63, 3.8) is 0 Å². The molecule has 0 spiro atoms. The van der Waals surface area contributed by atoms with E-state index < -0.39 is 17.4 Å². The Morgan fingerprint density at radius 1 is 1.41 bits per heavy atom. The van der Waals surface area contributed by atoms with E-state index in [9.17, 15) is 9.59 Å². The summed E-state index contributed by atoms with van der Waals surface area (Å²) in [5, 5.41) is 11.5. The van der Waals surface area contributed by atoms with Crippen LogP contribution in [0, 0.1) is 5.41 Å².